The highest BCUT2D eigenvalue weighted by Gasteiger charge is 2.03. The van der Waals surface area contributed by atoms with Gasteiger partial charge in [0.1, 0.15) is 17.4 Å². The molecule has 2 aromatic rings. The molecule has 102 valence electrons. The largest absolute Gasteiger partial charge is 0.487 e. The standard InChI is InChI=1S/C15H20N2OS/c1-4-16-8-15-17-13(10-19-15)9-18-14-6-11(2)5-12(3)7-14/h5-7,10,16H,4,8-9H2,1-3H3. The Kier molecular flexibility index (Phi) is 4.93. The first-order valence-electron chi connectivity index (χ1n) is 6.52. The van der Waals surface area contributed by atoms with Gasteiger partial charge >= 0.3 is 0 Å². The predicted molar refractivity (Wildman–Crippen MR) is 79.7 cm³/mol. The number of ether oxygens (including phenoxy) is 1. The van der Waals surface area contributed by atoms with E-state index in [1.54, 1.807) is 11.3 Å². The summed E-state index contributed by atoms with van der Waals surface area (Å²) in [6.07, 6.45) is 0. The summed E-state index contributed by atoms with van der Waals surface area (Å²) in [6.45, 7) is 8.59. The molecule has 1 heterocycles. The van der Waals surface area contributed by atoms with Gasteiger partial charge in [0.25, 0.3) is 0 Å². The van der Waals surface area contributed by atoms with Gasteiger partial charge in [-0.2, -0.15) is 0 Å². The van der Waals surface area contributed by atoms with E-state index in [1.165, 1.54) is 11.1 Å². The monoisotopic (exact) mass is 276 g/mol. The SMILES string of the molecule is CCNCc1nc(COc2cc(C)cc(C)c2)cs1. The van der Waals surface area contributed by atoms with Gasteiger partial charge in [-0.15, -0.1) is 11.3 Å². The zero-order chi connectivity index (χ0) is 13.7. The third kappa shape index (κ3) is 4.33. The van der Waals surface area contributed by atoms with Crippen LogP contribution in [-0.4, -0.2) is 11.5 Å². The minimum atomic E-state index is 0.533. The number of nitrogens with one attached hydrogen (secondary N) is 1. The van der Waals surface area contributed by atoms with Crippen LogP contribution >= 0.6 is 11.3 Å². The van der Waals surface area contributed by atoms with Gasteiger partial charge in [-0.1, -0.05) is 13.0 Å². The van der Waals surface area contributed by atoms with Crippen LogP contribution in [0.25, 0.3) is 0 Å². The minimum Gasteiger partial charge on any atom is -0.487 e. The second-order valence-corrected chi connectivity index (χ2v) is 5.57. The number of nitrogens with zero attached hydrogens (tertiary/aromatic N) is 1. The summed E-state index contributed by atoms with van der Waals surface area (Å²) in [5.41, 5.74) is 3.44. The van der Waals surface area contributed by atoms with Crippen LogP contribution in [0.2, 0.25) is 0 Å². The summed E-state index contributed by atoms with van der Waals surface area (Å²) < 4.78 is 5.80. The highest BCUT2D eigenvalue weighted by Crippen LogP contribution is 2.18. The van der Waals surface area contributed by atoms with Crippen LogP contribution < -0.4 is 10.1 Å². The average molecular weight is 276 g/mol. The molecule has 1 N–H and O–H groups in total. The Morgan fingerprint density at radius 3 is 2.63 bits per heavy atom. The molecule has 0 amide bonds. The van der Waals surface area contributed by atoms with E-state index in [2.05, 4.69) is 54.7 Å². The molecular weight excluding hydrogens is 256 g/mol. The molecule has 3 nitrogen and oxygen atoms in total. The lowest BCUT2D eigenvalue weighted by atomic mass is 10.1. The number of aryl methyl sites for hydroxylation is 2. The lowest BCUT2D eigenvalue weighted by Gasteiger charge is -2.06. The highest BCUT2D eigenvalue weighted by atomic mass is 32.1. The molecule has 0 fully saturated rings. The maximum atomic E-state index is 5.80. The van der Waals surface area contributed by atoms with Crippen LogP contribution in [0, 0.1) is 13.8 Å². The normalized spacial score (nSPS) is 10.7. The maximum absolute atomic E-state index is 5.80. The smallest absolute Gasteiger partial charge is 0.131 e. The Morgan fingerprint density at radius 2 is 1.95 bits per heavy atom. The zero-order valence-corrected chi connectivity index (χ0v) is 12.5. The van der Waals surface area contributed by atoms with E-state index in [4.69, 9.17) is 4.74 Å². The van der Waals surface area contributed by atoms with E-state index in [0.717, 1.165) is 29.5 Å². The quantitative estimate of drug-likeness (QED) is 0.877. The molecule has 0 aliphatic heterocycles. The highest BCUT2D eigenvalue weighted by molar-refractivity contribution is 7.09. The molecule has 1 aromatic carbocycles. The first kappa shape index (κ1) is 14.0. The zero-order valence-electron chi connectivity index (χ0n) is 11.7. The van der Waals surface area contributed by atoms with Gasteiger partial charge < -0.3 is 10.1 Å². The molecule has 1 aromatic heterocycles. The molecule has 0 aliphatic carbocycles. The summed E-state index contributed by atoms with van der Waals surface area (Å²) >= 11 is 1.68. The number of hydrogen-bond donors (Lipinski definition) is 1. The van der Waals surface area contributed by atoms with Crippen molar-refractivity contribution in [3.63, 3.8) is 0 Å². The minimum absolute atomic E-state index is 0.533. The topological polar surface area (TPSA) is 34.2 Å². The Morgan fingerprint density at radius 1 is 1.21 bits per heavy atom. The first-order chi connectivity index (χ1) is 9.17. The molecule has 4 heteroatoms. The van der Waals surface area contributed by atoms with Crippen LogP contribution in [-0.2, 0) is 13.2 Å². The van der Waals surface area contributed by atoms with Crippen molar-refractivity contribution >= 4 is 11.3 Å². The molecule has 0 aliphatic rings. The summed E-state index contributed by atoms with van der Waals surface area (Å²) in [7, 11) is 0. The molecule has 0 saturated carbocycles. The van der Waals surface area contributed by atoms with Crippen LogP contribution in [0.5, 0.6) is 5.75 Å². The van der Waals surface area contributed by atoms with E-state index in [-0.39, 0.29) is 0 Å². The van der Waals surface area contributed by atoms with Crippen molar-refractivity contribution in [2.45, 2.75) is 33.9 Å². The van der Waals surface area contributed by atoms with E-state index >= 15 is 0 Å². The van der Waals surface area contributed by atoms with Crippen LogP contribution in [0.4, 0.5) is 0 Å². The van der Waals surface area contributed by atoms with Crippen LogP contribution in [0.15, 0.2) is 23.6 Å². The fourth-order valence-electron chi connectivity index (χ4n) is 1.90. The van der Waals surface area contributed by atoms with Crippen molar-refractivity contribution < 1.29 is 4.74 Å². The van der Waals surface area contributed by atoms with E-state index in [0.29, 0.717) is 6.61 Å². The second kappa shape index (κ2) is 6.68. The van der Waals surface area contributed by atoms with Gasteiger partial charge in [0.05, 0.1) is 5.69 Å². The van der Waals surface area contributed by atoms with E-state index in [9.17, 15) is 0 Å². The maximum Gasteiger partial charge on any atom is 0.131 e. The summed E-state index contributed by atoms with van der Waals surface area (Å²) in [5.74, 6) is 0.915. The summed E-state index contributed by atoms with van der Waals surface area (Å²) in [5, 5.41) is 6.45. The van der Waals surface area contributed by atoms with Crippen molar-refractivity contribution in [1.82, 2.24) is 10.3 Å². The van der Waals surface area contributed by atoms with Crippen LogP contribution in [0.1, 0.15) is 28.8 Å². The molecule has 0 radical (unpaired) electrons. The van der Waals surface area contributed by atoms with Gasteiger partial charge in [-0.05, 0) is 43.7 Å². The van der Waals surface area contributed by atoms with Gasteiger partial charge in [0.2, 0.25) is 0 Å². The predicted octanol–water partition coefficient (Wildman–Crippen LogP) is 3.45. The van der Waals surface area contributed by atoms with Gasteiger partial charge in [-0.3, -0.25) is 0 Å². The Hall–Kier alpha value is -1.39. The molecular formula is C15H20N2OS. The number of rotatable bonds is 6. The van der Waals surface area contributed by atoms with E-state index < -0.39 is 0 Å². The van der Waals surface area contributed by atoms with Crippen molar-refractivity contribution in [3.8, 4) is 5.75 Å². The van der Waals surface area contributed by atoms with Gasteiger partial charge in [0.15, 0.2) is 0 Å². The van der Waals surface area contributed by atoms with Crippen molar-refractivity contribution in [2.75, 3.05) is 6.54 Å². The summed E-state index contributed by atoms with van der Waals surface area (Å²) in [6, 6.07) is 6.25. The van der Waals surface area contributed by atoms with Crippen molar-refractivity contribution in [2.24, 2.45) is 0 Å². The fraction of sp³-hybridized carbons (Fsp3) is 0.400. The van der Waals surface area contributed by atoms with Gasteiger partial charge in [-0.25, -0.2) is 4.98 Å². The first-order valence-corrected chi connectivity index (χ1v) is 7.40. The number of aromatic nitrogens is 1. The molecule has 0 unspecified atom stereocenters. The third-order valence-electron chi connectivity index (χ3n) is 2.71. The number of thiazole rings is 1. The lowest BCUT2D eigenvalue weighted by Crippen LogP contribution is -2.11. The fourth-order valence-corrected chi connectivity index (χ4v) is 2.65. The van der Waals surface area contributed by atoms with Gasteiger partial charge in [0, 0.05) is 11.9 Å². The van der Waals surface area contributed by atoms with Crippen molar-refractivity contribution in [1.29, 1.82) is 0 Å². The Labute approximate surface area is 118 Å². The third-order valence-corrected chi connectivity index (χ3v) is 3.61. The molecule has 0 bridgehead atoms. The molecule has 0 saturated heterocycles. The Bertz CT molecular complexity index is 516. The molecule has 2 rings (SSSR count). The number of benzene rings is 1. The van der Waals surface area contributed by atoms with E-state index in [1.807, 2.05) is 0 Å². The van der Waals surface area contributed by atoms with Crippen LogP contribution in [0.3, 0.4) is 0 Å². The average Bonchev–Trinajstić information content (AvgIpc) is 2.81. The molecule has 0 spiro atoms. The molecule has 0 atom stereocenters. The van der Waals surface area contributed by atoms with Crippen molar-refractivity contribution in [3.05, 3.63) is 45.4 Å². The Balaban J connectivity index is 1.92. The molecule has 19 heavy (non-hydrogen) atoms. The second-order valence-electron chi connectivity index (χ2n) is 4.63. The number of hydrogen-bond acceptors (Lipinski definition) is 4. The lowest BCUT2D eigenvalue weighted by molar-refractivity contribution is 0.301. The summed E-state index contributed by atoms with van der Waals surface area (Å²) in [4.78, 5) is 4.54.